The molecule has 74 valence electrons. The van der Waals surface area contributed by atoms with E-state index in [4.69, 9.17) is 5.73 Å². The summed E-state index contributed by atoms with van der Waals surface area (Å²) in [5.41, 5.74) is 5.72. The van der Waals surface area contributed by atoms with Crippen LogP contribution < -0.4 is 10.5 Å². The van der Waals surface area contributed by atoms with E-state index < -0.39 is 10.0 Å². The molecule has 0 bridgehead atoms. The van der Waals surface area contributed by atoms with Crippen LogP contribution in [0.1, 0.15) is 0 Å². The fourth-order valence-corrected chi connectivity index (χ4v) is 1.69. The molecule has 0 aliphatic carbocycles. The first-order valence-corrected chi connectivity index (χ1v) is 4.84. The van der Waals surface area contributed by atoms with Crippen LogP contribution in [-0.2, 0) is 10.0 Å². The van der Waals surface area contributed by atoms with E-state index in [2.05, 4.69) is 4.72 Å². The predicted octanol–water partition coefficient (Wildman–Crippen LogP) is 0.599. The van der Waals surface area contributed by atoms with E-state index in [0.717, 1.165) is 0 Å². The number of benzene rings is 1. The lowest BCUT2D eigenvalue weighted by Gasteiger charge is -2.04. The van der Waals surface area contributed by atoms with Crippen molar-refractivity contribution in [3.05, 3.63) is 24.3 Å². The van der Waals surface area contributed by atoms with Gasteiger partial charge >= 0.3 is 0 Å². The second kappa shape index (κ2) is 4.45. The SMILES string of the molecule is CNS(=O)(=O)c1ccccc1N.Cl. The van der Waals surface area contributed by atoms with Gasteiger partial charge in [-0.15, -0.1) is 12.4 Å². The molecule has 0 saturated carbocycles. The Kier molecular flexibility index (Phi) is 4.19. The highest BCUT2D eigenvalue weighted by atomic mass is 35.5. The van der Waals surface area contributed by atoms with Crippen molar-refractivity contribution < 1.29 is 8.42 Å². The van der Waals surface area contributed by atoms with Crippen molar-refractivity contribution in [3.8, 4) is 0 Å². The Morgan fingerprint density at radius 3 is 2.31 bits per heavy atom. The van der Waals surface area contributed by atoms with Gasteiger partial charge in [-0.2, -0.15) is 0 Å². The number of sulfonamides is 1. The summed E-state index contributed by atoms with van der Waals surface area (Å²) < 4.78 is 24.7. The van der Waals surface area contributed by atoms with E-state index in [1.807, 2.05) is 0 Å². The number of para-hydroxylation sites is 1. The van der Waals surface area contributed by atoms with Crippen LogP contribution in [0.25, 0.3) is 0 Å². The van der Waals surface area contributed by atoms with Crippen LogP contribution in [0.3, 0.4) is 0 Å². The van der Waals surface area contributed by atoms with Crippen LogP contribution in [0.2, 0.25) is 0 Å². The predicted molar refractivity (Wildman–Crippen MR) is 54.3 cm³/mol. The lowest BCUT2D eigenvalue weighted by atomic mass is 10.3. The molecule has 0 atom stereocenters. The van der Waals surface area contributed by atoms with Gasteiger partial charge in [-0.1, -0.05) is 12.1 Å². The lowest BCUT2D eigenvalue weighted by molar-refractivity contribution is 0.588. The van der Waals surface area contributed by atoms with E-state index in [-0.39, 0.29) is 23.0 Å². The summed E-state index contributed by atoms with van der Waals surface area (Å²) >= 11 is 0. The molecule has 0 fully saturated rings. The van der Waals surface area contributed by atoms with Gasteiger partial charge in [-0.3, -0.25) is 0 Å². The molecule has 0 heterocycles. The van der Waals surface area contributed by atoms with Crippen LogP contribution in [0.4, 0.5) is 5.69 Å². The van der Waals surface area contributed by atoms with Crippen LogP contribution in [-0.4, -0.2) is 15.5 Å². The summed E-state index contributed by atoms with van der Waals surface area (Å²) in [7, 11) is -2.05. The maximum Gasteiger partial charge on any atom is 0.242 e. The maximum absolute atomic E-state index is 11.2. The molecule has 1 rings (SSSR count). The number of nitrogen functional groups attached to an aromatic ring is 1. The number of hydrogen-bond acceptors (Lipinski definition) is 3. The highest BCUT2D eigenvalue weighted by Gasteiger charge is 2.13. The Morgan fingerprint density at radius 1 is 1.31 bits per heavy atom. The smallest absolute Gasteiger partial charge is 0.242 e. The molecule has 0 aliphatic heterocycles. The van der Waals surface area contributed by atoms with E-state index in [9.17, 15) is 8.42 Å². The minimum absolute atomic E-state index is 0. The summed E-state index contributed by atoms with van der Waals surface area (Å²) in [5, 5.41) is 0. The third-order valence-corrected chi connectivity index (χ3v) is 2.97. The van der Waals surface area contributed by atoms with Crippen molar-refractivity contribution in [3.63, 3.8) is 0 Å². The van der Waals surface area contributed by atoms with Gasteiger partial charge in [0.2, 0.25) is 10.0 Å². The third-order valence-electron chi connectivity index (χ3n) is 1.48. The Hall–Kier alpha value is -0.780. The van der Waals surface area contributed by atoms with Gasteiger partial charge in [0.15, 0.2) is 0 Å². The molecule has 3 N–H and O–H groups in total. The lowest BCUT2D eigenvalue weighted by Crippen LogP contribution is -2.19. The summed E-state index contributed by atoms with van der Waals surface area (Å²) in [4.78, 5) is 0.118. The molecule has 0 unspecified atom stereocenters. The van der Waals surface area contributed by atoms with Crippen LogP contribution >= 0.6 is 12.4 Å². The molecule has 0 aliphatic rings. The van der Waals surface area contributed by atoms with E-state index in [0.29, 0.717) is 0 Å². The average molecular weight is 223 g/mol. The van der Waals surface area contributed by atoms with E-state index in [1.165, 1.54) is 13.1 Å². The van der Waals surface area contributed by atoms with Crippen LogP contribution in [0, 0.1) is 0 Å². The minimum Gasteiger partial charge on any atom is -0.398 e. The Morgan fingerprint density at radius 2 is 1.85 bits per heavy atom. The second-order valence-corrected chi connectivity index (χ2v) is 4.10. The number of rotatable bonds is 2. The first-order chi connectivity index (χ1) is 5.58. The monoisotopic (exact) mass is 222 g/mol. The molecule has 0 radical (unpaired) electrons. The molecule has 0 amide bonds. The Bertz CT molecular complexity index is 378. The summed E-state index contributed by atoms with van der Waals surface area (Å²) in [6.45, 7) is 0. The molecule has 13 heavy (non-hydrogen) atoms. The van der Waals surface area contributed by atoms with Gasteiger partial charge in [0.25, 0.3) is 0 Å². The zero-order chi connectivity index (χ0) is 9.19. The van der Waals surface area contributed by atoms with Crippen molar-refractivity contribution in [1.29, 1.82) is 0 Å². The minimum atomic E-state index is -3.40. The number of halogens is 1. The first-order valence-electron chi connectivity index (χ1n) is 3.36. The summed E-state index contributed by atoms with van der Waals surface area (Å²) in [6.07, 6.45) is 0. The fraction of sp³-hybridized carbons (Fsp3) is 0.143. The largest absolute Gasteiger partial charge is 0.398 e. The molecule has 1 aromatic rings. The van der Waals surface area contributed by atoms with E-state index in [1.54, 1.807) is 18.2 Å². The first kappa shape index (κ1) is 12.2. The molecular formula is C7H11ClN2O2S. The Labute approximate surface area is 83.6 Å². The molecule has 4 nitrogen and oxygen atoms in total. The highest BCUT2D eigenvalue weighted by Crippen LogP contribution is 2.15. The van der Waals surface area contributed by atoms with Gasteiger partial charge in [-0.05, 0) is 19.2 Å². The topological polar surface area (TPSA) is 72.2 Å². The second-order valence-electron chi connectivity index (χ2n) is 2.25. The van der Waals surface area contributed by atoms with Gasteiger partial charge < -0.3 is 5.73 Å². The van der Waals surface area contributed by atoms with Gasteiger partial charge in [0.05, 0.1) is 5.69 Å². The zero-order valence-electron chi connectivity index (χ0n) is 7.02. The highest BCUT2D eigenvalue weighted by molar-refractivity contribution is 7.89. The van der Waals surface area contributed by atoms with Gasteiger partial charge in [0, 0.05) is 0 Å². The fourth-order valence-electron chi connectivity index (χ4n) is 0.835. The zero-order valence-corrected chi connectivity index (χ0v) is 8.65. The average Bonchev–Trinajstić information content (AvgIpc) is 2.05. The van der Waals surface area contributed by atoms with Gasteiger partial charge in [-0.25, -0.2) is 13.1 Å². The van der Waals surface area contributed by atoms with Crippen molar-refractivity contribution in [2.45, 2.75) is 4.90 Å². The van der Waals surface area contributed by atoms with Crippen molar-refractivity contribution in [2.75, 3.05) is 12.8 Å². The molecule has 0 aromatic heterocycles. The van der Waals surface area contributed by atoms with Crippen molar-refractivity contribution in [2.24, 2.45) is 0 Å². The third kappa shape index (κ3) is 2.58. The number of nitrogens with one attached hydrogen (secondary N) is 1. The van der Waals surface area contributed by atoms with Crippen LogP contribution in [0.5, 0.6) is 0 Å². The normalized spacial score (nSPS) is 10.5. The van der Waals surface area contributed by atoms with Gasteiger partial charge in [0.1, 0.15) is 4.90 Å². The van der Waals surface area contributed by atoms with Crippen LogP contribution in [0.15, 0.2) is 29.2 Å². The molecule has 0 spiro atoms. The molecule has 1 aromatic carbocycles. The number of anilines is 1. The summed E-state index contributed by atoms with van der Waals surface area (Å²) in [5.74, 6) is 0. The standard InChI is InChI=1S/C7H10N2O2S.ClH/c1-9-12(10,11)7-5-3-2-4-6(7)8;/h2-5,9H,8H2,1H3;1H. The maximum atomic E-state index is 11.2. The number of nitrogens with two attached hydrogens (primary N) is 1. The Balaban J connectivity index is 0.00000144. The summed E-state index contributed by atoms with van der Waals surface area (Å²) in [6, 6.07) is 6.32. The number of hydrogen-bond donors (Lipinski definition) is 2. The van der Waals surface area contributed by atoms with E-state index >= 15 is 0 Å². The van der Waals surface area contributed by atoms with Crippen molar-refractivity contribution in [1.82, 2.24) is 4.72 Å². The molecular weight excluding hydrogens is 212 g/mol. The molecule has 6 heteroatoms. The molecule has 0 saturated heterocycles. The van der Waals surface area contributed by atoms with Crippen molar-refractivity contribution >= 4 is 28.1 Å². The quantitative estimate of drug-likeness (QED) is 0.720.